The third kappa shape index (κ3) is 2.76. The summed E-state index contributed by atoms with van der Waals surface area (Å²) in [5.74, 6) is 0.960. The first-order valence-corrected chi connectivity index (χ1v) is 5.57. The molecule has 82 valence electrons. The van der Waals surface area contributed by atoms with E-state index in [2.05, 4.69) is 26.1 Å². The van der Waals surface area contributed by atoms with E-state index in [1.165, 1.54) is 0 Å². The van der Waals surface area contributed by atoms with Gasteiger partial charge in [-0.3, -0.25) is 0 Å². The van der Waals surface area contributed by atoms with Crippen LogP contribution in [-0.2, 0) is 17.6 Å². The number of hydrogen-bond acceptors (Lipinski definition) is 4. The van der Waals surface area contributed by atoms with Gasteiger partial charge in [0.15, 0.2) is 5.82 Å². The average Bonchev–Trinajstić information content (AvgIpc) is 2.70. The number of benzene rings is 1. The predicted molar refractivity (Wildman–Crippen MR) is 61.0 cm³/mol. The van der Waals surface area contributed by atoms with Gasteiger partial charge in [0.25, 0.3) is 0 Å². The lowest BCUT2D eigenvalue weighted by Gasteiger charge is -1.96. The highest BCUT2D eigenvalue weighted by Gasteiger charge is 2.06. The molecular weight excluding hydrogens is 272 g/mol. The van der Waals surface area contributed by atoms with Crippen LogP contribution in [0.4, 0.5) is 0 Å². The van der Waals surface area contributed by atoms with Gasteiger partial charge in [-0.05, 0) is 17.7 Å². The van der Waals surface area contributed by atoms with E-state index in [9.17, 15) is 4.79 Å². The van der Waals surface area contributed by atoms with Crippen molar-refractivity contribution in [3.05, 3.63) is 46.0 Å². The van der Waals surface area contributed by atoms with Gasteiger partial charge in [0.1, 0.15) is 6.29 Å². The Morgan fingerprint density at radius 3 is 2.75 bits per heavy atom. The molecule has 0 amide bonds. The molecule has 16 heavy (non-hydrogen) atoms. The van der Waals surface area contributed by atoms with Crippen LogP contribution in [0.3, 0.4) is 0 Å². The van der Waals surface area contributed by atoms with E-state index in [0.717, 1.165) is 16.3 Å². The Kier molecular flexibility index (Phi) is 3.46. The Bertz CT molecular complexity index is 479. The van der Waals surface area contributed by atoms with Gasteiger partial charge in [-0.15, -0.1) is 0 Å². The molecule has 1 aromatic heterocycles. The fourth-order valence-electron chi connectivity index (χ4n) is 1.30. The molecule has 0 radical (unpaired) electrons. The van der Waals surface area contributed by atoms with Gasteiger partial charge in [-0.1, -0.05) is 33.2 Å². The monoisotopic (exact) mass is 280 g/mol. The smallest absolute Gasteiger partial charge is 0.233 e. The van der Waals surface area contributed by atoms with Crippen LogP contribution >= 0.6 is 15.9 Å². The van der Waals surface area contributed by atoms with Crippen molar-refractivity contribution < 1.29 is 9.32 Å². The van der Waals surface area contributed by atoms with Gasteiger partial charge >= 0.3 is 0 Å². The molecule has 0 bridgehead atoms. The van der Waals surface area contributed by atoms with Crippen LogP contribution in [0.25, 0.3) is 0 Å². The first-order valence-electron chi connectivity index (χ1n) is 4.77. The lowest BCUT2D eigenvalue weighted by atomic mass is 10.1. The lowest BCUT2D eigenvalue weighted by molar-refractivity contribution is -0.107. The molecule has 0 fully saturated rings. The number of rotatable bonds is 4. The second-order valence-electron chi connectivity index (χ2n) is 3.28. The molecule has 0 aliphatic rings. The average molecular weight is 281 g/mol. The van der Waals surface area contributed by atoms with Crippen LogP contribution in [0.15, 0.2) is 33.3 Å². The fraction of sp³-hybridized carbons (Fsp3) is 0.182. The predicted octanol–water partition coefficient (Wildman–Crippen LogP) is 2.16. The maximum absolute atomic E-state index is 10.2. The summed E-state index contributed by atoms with van der Waals surface area (Å²) in [5, 5.41) is 3.80. The van der Waals surface area contributed by atoms with Crippen molar-refractivity contribution in [3.63, 3.8) is 0 Å². The van der Waals surface area contributed by atoms with Gasteiger partial charge in [0, 0.05) is 10.9 Å². The Balaban J connectivity index is 2.08. The van der Waals surface area contributed by atoms with Crippen LogP contribution in [-0.4, -0.2) is 16.4 Å². The van der Waals surface area contributed by atoms with Crippen molar-refractivity contribution in [2.75, 3.05) is 0 Å². The molecule has 2 rings (SSSR count). The Hall–Kier alpha value is -1.49. The summed E-state index contributed by atoms with van der Waals surface area (Å²) in [6, 6.07) is 7.89. The molecule has 5 heteroatoms. The quantitative estimate of drug-likeness (QED) is 0.806. The second-order valence-corrected chi connectivity index (χ2v) is 4.19. The Morgan fingerprint density at radius 1 is 1.31 bits per heavy atom. The molecule has 2 aromatic rings. The molecule has 4 nitrogen and oxygen atoms in total. The number of aldehydes is 1. The van der Waals surface area contributed by atoms with Crippen molar-refractivity contribution >= 4 is 22.2 Å². The van der Waals surface area contributed by atoms with Crippen molar-refractivity contribution in [2.45, 2.75) is 12.8 Å². The first kappa shape index (κ1) is 11.0. The molecule has 0 N–H and O–H groups in total. The van der Waals surface area contributed by atoms with Crippen LogP contribution in [0.2, 0.25) is 0 Å². The third-order valence-electron chi connectivity index (χ3n) is 2.04. The molecule has 0 saturated carbocycles. The lowest BCUT2D eigenvalue weighted by Crippen LogP contribution is -1.91. The molecule has 0 unspecified atom stereocenters. The van der Waals surface area contributed by atoms with Crippen LogP contribution < -0.4 is 0 Å². The topological polar surface area (TPSA) is 56.0 Å². The molecule has 0 aliphatic carbocycles. The van der Waals surface area contributed by atoms with Crippen LogP contribution in [0, 0.1) is 0 Å². The minimum atomic E-state index is 0.174. The summed E-state index contributed by atoms with van der Waals surface area (Å²) in [7, 11) is 0. The normalized spacial score (nSPS) is 10.3. The minimum Gasteiger partial charge on any atom is -0.339 e. The number of nitrogens with zero attached hydrogens (tertiary/aromatic N) is 2. The summed E-state index contributed by atoms with van der Waals surface area (Å²) < 4.78 is 5.93. The summed E-state index contributed by atoms with van der Waals surface area (Å²) in [6.07, 6.45) is 1.53. The zero-order valence-electron chi connectivity index (χ0n) is 8.39. The highest BCUT2D eigenvalue weighted by atomic mass is 79.9. The van der Waals surface area contributed by atoms with Crippen molar-refractivity contribution in [2.24, 2.45) is 0 Å². The van der Waals surface area contributed by atoms with E-state index in [4.69, 9.17) is 4.52 Å². The van der Waals surface area contributed by atoms with E-state index >= 15 is 0 Å². The summed E-state index contributed by atoms with van der Waals surface area (Å²) in [6.45, 7) is 0. The summed E-state index contributed by atoms with van der Waals surface area (Å²) in [5.41, 5.74) is 1.10. The molecule has 0 saturated heterocycles. The summed E-state index contributed by atoms with van der Waals surface area (Å²) >= 11 is 3.37. The Labute approximate surface area is 101 Å². The van der Waals surface area contributed by atoms with E-state index in [1.807, 2.05) is 24.3 Å². The maximum Gasteiger partial charge on any atom is 0.233 e. The third-order valence-corrected chi connectivity index (χ3v) is 2.57. The highest BCUT2D eigenvalue weighted by molar-refractivity contribution is 9.10. The van der Waals surface area contributed by atoms with E-state index < -0.39 is 0 Å². The van der Waals surface area contributed by atoms with Gasteiger partial charge in [-0.2, -0.15) is 4.98 Å². The van der Waals surface area contributed by atoms with E-state index in [1.54, 1.807) is 0 Å². The highest BCUT2D eigenvalue weighted by Crippen LogP contribution is 2.12. The zero-order valence-corrected chi connectivity index (χ0v) is 9.98. The number of hydrogen-bond donors (Lipinski definition) is 0. The van der Waals surface area contributed by atoms with Gasteiger partial charge in [-0.25, -0.2) is 0 Å². The van der Waals surface area contributed by atoms with Gasteiger partial charge in [0.05, 0.1) is 6.42 Å². The molecule has 1 heterocycles. The fourth-order valence-corrected chi connectivity index (χ4v) is 1.57. The number of halogens is 1. The van der Waals surface area contributed by atoms with Crippen molar-refractivity contribution in [3.8, 4) is 0 Å². The molecule has 1 aromatic carbocycles. The first-order chi connectivity index (χ1) is 7.78. The zero-order chi connectivity index (χ0) is 11.4. The van der Waals surface area contributed by atoms with Crippen molar-refractivity contribution in [1.82, 2.24) is 10.1 Å². The van der Waals surface area contributed by atoms with Crippen LogP contribution in [0.1, 0.15) is 17.3 Å². The number of aromatic nitrogens is 2. The standard InChI is InChI=1S/C11H9BrN2O2/c12-9-3-1-8(2-4-9)7-10-13-11(5-6-15)16-14-10/h1-4,6H,5,7H2. The molecule has 0 aliphatic heterocycles. The van der Waals surface area contributed by atoms with Gasteiger partial charge in [0.2, 0.25) is 5.89 Å². The Morgan fingerprint density at radius 2 is 2.06 bits per heavy atom. The number of carbonyl (C=O) groups is 1. The van der Waals surface area contributed by atoms with E-state index in [-0.39, 0.29) is 6.42 Å². The van der Waals surface area contributed by atoms with Crippen molar-refractivity contribution in [1.29, 1.82) is 0 Å². The minimum absolute atomic E-state index is 0.174. The summed E-state index contributed by atoms with van der Waals surface area (Å²) in [4.78, 5) is 14.3. The SMILES string of the molecule is O=CCc1nc(Cc2ccc(Br)cc2)no1. The van der Waals surface area contributed by atoms with Gasteiger partial charge < -0.3 is 9.32 Å². The second kappa shape index (κ2) is 5.03. The van der Waals surface area contributed by atoms with E-state index in [0.29, 0.717) is 18.1 Å². The maximum atomic E-state index is 10.2. The largest absolute Gasteiger partial charge is 0.339 e. The molecular formula is C11H9BrN2O2. The molecule has 0 spiro atoms. The molecule has 0 atom stereocenters. The number of carbonyl (C=O) groups excluding carboxylic acids is 1. The van der Waals surface area contributed by atoms with Crippen LogP contribution in [0.5, 0.6) is 0 Å².